The lowest BCUT2D eigenvalue weighted by Gasteiger charge is -2.05. The predicted molar refractivity (Wildman–Crippen MR) is 69.2 cm³/mol. The zero-order valence-corrected chi connectivity index (χ0v) is 10.1. The molecule has 1 aliphatic carbocycles. The third-order valence-corrected chi connectivity index (χ3v) is 3.80. The summed E-state index contributed by atoms with van der Waals surface area (Å²) in [5.74, 6) is 0.183. The molecule has 3 rings (SSSR count). The van der Waals surface area contributed by atoms with Gasteiger partial charge in [-0.25, -0.2) is 0 Å². The van der Waals surface area contributed by atoms with Crippen LogP contribution in [0.15, 0.2) is 41.3 Å². The van der Waals surface area contributed by atoms with Crippen molar-refractivity contribution in [1.82, 2.24) is 0 Å². The Morgan fingerprint density at radius 3 is 2.78 bits per heavy atom. The van der Waals surface area contributed by atoms with Gasteiger partial charge in [0.1, 0.15) is 10.1 Å². The number of aromatic hydroxyl groups is 1. The highest BCUT2D eigenvalue weighted by atomic mass is 32.2. The SMILES string of the molecule is O=[N+]([O-])Sc1ccc(O)c2c1Cc1ccccc1-2. The summed E-state index contributed by atoms with van der Waals surface area (Å²) in [6.45, 7) is 0. The minimum atomic E-state index is -0.421. The van der Waals surface area contributed by atoms with Crippen molar-refractivity contribution in [2.24, 2.45) is 0 Å². The number of phenols is 1. The molecule has 1 N–H and O–H groups in total. The molecule has 90 valence electrons. The van der Waals surface area contributed by atoms with Gasteiger partial charge in [-0.05, 0) is 28.8 Å². The largest absolute Gasteiger partial charge is 0.507 e. The molecular formula is C13H9NO3S. The van der Waals surface area contributed by atoms with Crippen molar-refractivity contribution < 1.29 is 9.44 Å². The van der Waals surface area contributed by atoms with Gasteiger partial charge in [0.2, 0.25) is 0 Å². The van der Waals surface area contributed by atoms with Gasteiger partial charge in [-0.15, -0.1) is 0 Å². The van der Waals surface area contributed by atoms with Crippen molar-refractivity contribution in [2.45, 2.75) is 11.3 Å². The normalized spacial score (nSPS) is 12.0. The number of rotatable bonds is 2. The van der Waals surface area contributed by atoms with E-state index in [1.165, 1.54) is 6.07 Å². The molecule has 0 amide bonds. The van der Waals surface area contributed by atoms with Crippen molar-refractivity contribution >= 4 is 11.9 Å². The van der Waals surface area contributed by atoms with Crippen LogP contribution in [0.5, 0.6) is 5.75 Å². The molecule has 0 fully saturated rings. The number of hydrogen-bond donors (Lipinski definition) is 1. The average Bonchev–Trinajstić information content (AvgIpc) is 2.72. The topological polar surface area (TPSA) is 63.4 Å². The molecule has 4 nitrogen and oxygen atoms in total. The summed E-state index contributed by atoms with van der Waals surface area (Å²) in [5, 5.41) is 20.6. The molecule has 0 saturated heterocycles. The van der Waals surface area contributed by atoms with Gasteiger partial charge in [0.05, 0.1) is 4.90 Å². The summed E-state index contributed by atoms with van der Waals surface area (Å²) in [4.78, 5) is 11.2. The number of benzene rings is 2. The zero-order chi connectivity index (χ0) is 12.7. The first-order valence-corrected chi connectivity index (χ1v) is 6.19. The van der Waals surface area contributed by atoms with Crippen LogP contribution in [0, 0.1) is 10.1 Å². The van der Waals surface area contributed by atoms with E-state index in [1.807, 2.05) is 24.3 Å². The summed E-state index contributed by atoms with van der Waals surface area (Å²) in [7, 11) is 0. The third kappa shape index (κ3) is 1.64. The molecule has 2 aromatic carbocycles. The van der Waals surface area contributed by atoms with Crippen molar-refractivity contribution in [3.63, 3.8) is 0 Å². The Morgan fingerprint density at radius 2 is 2.00 bits per heavy atom. The summed E-state index contributed by atoms with van der Waals surface area (Å²) >= 11 is 0.594. The smallest absolute Gasteiger partial charge is 0.265 e. The second kappa shape index (κ2) is 4.03. The highest BCUT2D eigenvalue weighted by molar-refractivity contribution is 7.93. The Hall–Kier alpha value is -2.01. The Bertz CT molecular complexity index is 655. The highest BCUT2D eigenvalue weighted by Crippen LogP contribution is 2.45. The van der Waals surface area contributed by atoms with Gasteiger partial charge >= 0.3 is 0 Å². The summed E-state index contributed by atoms with van der Waals surface area (Å²) in [6, 6.07) is 10.9. The van der Waals surface area contributed by atoms with E-state index in [1.54, 1.807) is 6.07 Å². The van der Waals surface area contributed by atoms with Crippen LogP contribution in [-0.4, -0.2) is 9.44 Å². The molecule has 0 heterocycles. The van der Waals surface area contributed by atoms with E-state index in [0.717, 1.165) is 22.3 Å². The number of hydrogen-bond acceptors (Lipinski definition) is 4. The van der Waals surface area contributed by atoms with E-state index in [0.29, 0.717) is 23.3 Å². The van der Waals surface area contributed by atoms with Crippen molar-refractivity contribution in [3.8, 4) is 16.9 Å². The molecule has 1 aliphatic rings. The lowest BCUT2D eigenvalue weighted by atomic mass is 10.1. The minimum Gasteiger partial charge on any atom is -0.507 e. The van der Waals surface area contributed by atoms with Crippen LogP contribution in [0.3, 0.4) is 0 Å². The van der Waals surface area contributed by atoms with Crippen molar-refractivity contribution in [1.29, 1.82) is 0 Å². The molecule has 0 aliphatic heterocycles. The monoisotopic (exact) mass is 259 g/mol. The third-order valence-electron chi connectivity index (χ3n) is 3.07. The van der Waals surface area contributed by atoms with Gasteiger partial charge in [0.15, 0.2) is 0 Å². The molecule has 0 unspecified atom stereocenters. The van der Waals surface area contributed by atoms with E-state index in [4.69, 9.17) is 0 Å². The molecule has 0 saturated carbocycles. The van der Waals surface area contributed by atoms with E-state index < -0.39 is 4.33 Å². The fourth-order valence-corrected chi connectivity index (χ4v) is 2.94. The molecular weight excluding hydrogens is 250 g/mol. The van der Waals surface area contributed by atoms with Crippen LogP contribution in [0.2, 0.25) is 0 Å². The van der Waals surface area contributed by atoms with Gasteiger partial charge in [-0.3, -0.25) is 10.1 Å². The first kappa shape index (κ1) is 11.1. The Kier molecular flexibility index (Phi) is 2.48. The van der Waals surface area contributed by atoms with Gasteiger partial charge in [-0.1, -0.05) is 24.3 Å². The average molecular weight is 259 g/mol. The number of phenolic OH excluding ortho intramolecular Hbond substituents is 1. The molecule has 0 bridgehead atoms. The molecule has 0 aromatic heterocycles. The standard InChI is InChI=1S/C13H9NO3S/c15-11-5-6-12(18-14(16)17)10-7-8-3-1-2-4-9(8)13(10)11/h1-6,15H,7H2. The first-order valence-electron chi connectivity index (χ1n) is 5.42. The molecule has 5 heteroatoms. The Morgan fingerprint density at radius 1 is 1.22 bits per heavy atom. The molecule has 0 atom stereocenters. The lowest BCUT2D eigenvalue weighted by Crippen LogP contribution is -1.90. The Labute approximate surface area is 108 Å². The van der Waals surface area contributed by atoms with Crippen molar-refractivity contribution in [3.05, 3.63) is 57.6 Å². The van der Waals surface area contributed by atoms with Crippen LogP contribution in [-0.2, 0) is 6.42 Å². The van der Waals surface area contributed by atoms with Gasteiger partial charge < -0.3 is 5.11 Å². The van der Waals surface area contributed by atoms with E-state index in [-0.39, 0.29) is 5.75 Å². The predicted octanol–water partition coefficient (Wildman–Crippen LogP) is 3.25. The summed E-state index contributed by atoms with van der Waals surface area (Å²) in [5.41, 5.74) is 3.64. The van der Waals surface area contributed by atoms with E-state index in [9.17, 15) is 15.2 Å². The summed E-state index contributed by atoms with van der Waals surface area (Å²) in [6.07, 6.45) is 0.635. The quantitative estimate of drug-likeness (QED) is 0.436. The van der Waals surface area contributed by atoms with Gasteiger partial charge in [0, 0.05) is 12.0 Å². The molecule has 2 aromatic rings. The van der Waals surface area contributed by atoms with Gasteiger partial charge in [0.25, 0.3) is 11.9 Å². The van der Waals surface area contributed by atoms with Crippen LogP contribution in [0.4, 0.5) is 0 Å². The zero-order valence-electron chi connectivity index (χ0n) is 9.29. The maximum atomic E-state index is 10.6. The number of nitrogens with zero attached hydrogens (tertiary/aromatic N) is 1. The second-order valence-corrected chi connectivity index (χ2v) is 5.01. The van der Waals surface area contributed by atoms with E-state index >= 15 is 0 Å². The molecule has 0 radical (unpaired) electrons. The van der Waals surface area contributed by atoms with E-state index in [2.05, 4.69) is 0 Å². The summed E-state index contributed by atoms with van der Waals surface area (Å²) < 4.78 is -0.421. The first-order chi connectivity index (χ1) is 8.66. The van der Waals surface area contributed by atoms with Crippen LogP contribution < -0.4 is 0 Å². The number of fused-ring (bicyclic) bond motifs is 3. The number of nitro groups is 1. The van der Waals surface area contributed by atoms with Gasteiger partial charge in [-0.2, -0.15) is 0 Å². The molecule has 0 spiro atoms. The lowest BCUT2D eigenvalue weighted by molar-refractivity contribution is -0.284. The minimum absolute atomic E-state index is 0.183. The highest BCUT2D eigenvalue weighted by Gasteiger charge is 2.26. The van der Waals surface area contributed by atoms with Crippen molar-refractivity contribution in [2.75, 3.05) is 0 Å². The maximum Gasteiger partial charge on any atom is 0.265 e. The fraction of sp³-hybridized carbons (Fsp3) is 0.0769. The second-order valence-electron chi connectivity index (χ2n) is 4.09. The van der Waals surface area contributed by atoms with Crippen LogP contribution in [0.1, 0.15) is 11.1 Å². The Balaban J connectivity index is 2.20. The molecule has 18 heavy (non-hydrogen) atoms. The fourth-order valence-electron chi connectivity index (χ4n) is 2.37. The van der Waals surface area contributed by atoms with Crippen LogP contribution in [0.25, 0.3) is 11.1 Å². The maximum absolute atomic E-state index is 10.6. The van der Waals surface area contributed by atoms with Crippen LogP contribution >= 0.6 is 11.9 Å².